The van der Waals surface area contributed by atoms with E-state index < -0.39 is 17.7 Å². The Morgan fingerprint density at radius 2 is 1.97 bits per heavy atom. The van der Waals surface area contributed by atoms with E-state index in [9.17, 15) is 14.3 Å². The van der Waals surface area contributed by atoms with Gasteiger partial charge in [-0.2, -0.15) is 0 Å². The number of nitrogens with zero attached hydrogens (tertiary/aromatic N) is 4. The van der Waals surface area contributed by atoms with Crippen molar-refractivity contribution in [1.82, 2.24) is 24.9 Å². The van der Waals surface area contributed by atoms with Crippen molar-refractivity contribution < 1.29 is 14.3 Å². The van der Waals surface area contributed by atoms with Crippen LogP contribution in [0.15, 0.2) is 30.6 Å². The number of amides is 1. The largest absolute Gasteiger partial charge is 0.387 e. The zero-order chi connectivity index (χ0) is 22.8. The maximum absolute atomic E-state index is 14.0. The molecule has 0 spiro atoms. The van der Waals surface area contributed by atoms with E-state index in [0.717, 1.165) is 11.3 Å². The number of halogens is 1. The maximum atomic E-state index is 14.0. The molecule has 0 bridgehead atoms. The van der Waals surface area contributed by atoms with E-state index in [0.29, 0.717) is 17.3 Å². The van der Waals surface area contributed by atoms with Crippen LogP contribution in [0.3, 0.4) is 0 Å². The molecular formula is C21H28FN7O2. The first kappa shape index (κ1) is 22.4. The van der Waals surface area contributed by atoms with E-state index in [1.165, 1.54) is 20.0 Å². The molecule has 0 saturated carbocycles. The predicted octanol–water partition coefficient (Wildman–Crippen LogP) is 2.84. The fourth-order valence-electron chi connectivity index (χ4n) is 2.85. The Bertz CT molecular complexity index is 1080. The molecule has 3 aromatic rings. The molecule has 3 rings (SSSR count). The van der Waals surface area contributed by atoms with Crippen molar-refractivity contribution in [1.29, 1.82) is 0 Å². The van der Waals surface area contributed by atoms with E-state index >= 15 is 0 Å². The molecule has 0 aliphatic heterocycles. The normalized spacial score (nSPS) is 12.8. The van der Waals surface area contributed by atoms with Gasteiger partial charge in [0.1, 0.15) is 12.0 Å². The minimum absolute atomic E-state index is 0.0511. The molecule has 0 saturated heterocycles. The van der Waals surface area contributed by atoms with Crippen molar-refractivity contribution in [2.24, 2.45) is 0 Å². The molecule has 9 nitrogen and oxygen atoms in total. The van der Waals surface area contributed by atoms with Crippen molar-refractivity contribution >= 4 is 28.9 Å². The van der Waals surface area contributed by atoms with Crippen molar-refractivity contribution in [2.45, 2.75) is 52.4 Å². The predicted molar refractivity (Wildman–Crippen MR) is 118 cm³/mol. The van der Waals surface area contributed by atoms with Gasteiger partial charge < -0.3 is 21.1 Å². The van der Waals surface area contributed by atoms with Crippen LogP contribution >= 0.6 is 0 Å². The Labute approximate surface area is 180 Å². The van der Waals surface area contributed by atoms with E-state index in [2.05, 4.69) is 31.0 Å². The molecule has 0 fully saturated rings. The quantitative estimate of drug-likeness (QED) is 0.435. The number of imidazole rings is 1. The fraction of sp³-hybridized carbons (Fsp3) is 0.429. The molecule has 0 aromatic carbocycles. The molecule has 1 amide bonds. The second kappa shape index (κ2) is 8.84. The Hall–Kier alpha value is -3.27. The van der Waals surface area contributed by atoms with Crippen LogP contribution in [0.1, 0.15) is 43.7 Å². The molecule has 10 heteroatoms. The minimum Gasteiger partial charge on any atom is -0.387 e. The van der Waals surface area contributed by atoms with Gasteiger partial charge in [-0.1, -0.05) is 0 Å². The monoisotopic (exact) mass is 429 g/mol. The fourth-order valence-corrected chi connectivity index (χ4v) is 2.85. The molecule has 0 radical (unpaired) electrons. The van der Waals surface area contributed by atoms with Crippen LogP contribution in [-0.2, 0) is 0 Å². The summed E-state index contributed by atoms with van der Waals surface area (Å²) < 4.78 is 15.7. The van der Waals surface area contributed by atoms with Gasteiger partial charge in [0.15, 0.2) is 11.5 Å². The second-order valence-electron chi connectivity index (χ2n) is 8.26. The average molecular weight is 430 g/mol. The van der Waals surface area contributed by atoms with Crippen molar-refractivity contribution in [3.05, 3.63) is 41.9 Å². The first-order chi connectivity index (χ1) is 14.5. The van der Waals surface area contributed by atoms with E-state index in [1.54, 1.807) is 22.8 Å². The van der Waals surface area contributed by atoms with Gasteiger partial charge in [-0.25, -0.2) is 18.9 Å². The summed E-state index contributed by atoms with van der Waals surface area (Å²) in [7, 11) is 0. The number of carbonyl (C=O) groups excluding carboxylic acids is 1. The highest BCUT2D eigenvalue weighted by molar-refractivity contribution is 5.99. The van der Waals surface area contributed by atoms with Gasteiger partial charge in [0.25, 0.3) is 5.91 Å². The Morgan fingerprint density at radius 3 is 2.65 bits per heavy atom. The zero-order valence-electron chi connectivity index (χ0n) is 18.3. The summed E-state index contributed by atoms with van der Waals surface area (Å²) >= 11 is 0. The van der Waals surface area contributed by atoms with Crippen LogP contribution in [0, 0.1) is 6.92 Å². The number of alkyl halides is 1. The van der Waals surface area contributed by atoms with Gasteiger partial charge in [-0.15, -0.1) is 5.10 Å². The molecule has 3 heterocycles. The first-order valence-corrected chi connectivity index (χ1v) is 10.0. The zero-order valence-corrected chi connectivity index (χ0v) is 18.3. The number of aliphatic hydroxyl groups is 1. The summed E-state index contributed by atoms with van der Waals surface area (Å²) in [5, 5.41) is 23.1. The molecule has 0 aliphatic rings. The highest BCUT2D eigenvalue weighted by atomic mass is 19.1. The summed E-state index contributed by atoms with van der Waals surface area (Å²) in [6.45, 7) is 8.20. The summed E-state index contributed by atoms with van der Waals surface area (Å²) in [6.07, 6.45) is 1.56. The number of anilines is 3. The topological polar surface area (TPSA) is 116 Å². The van der Waals surface area contributed by atoms with Gasteiger partial charge in [0, 0.05) is 18.3 Å². The van der Waals surface area contributed by atoms with Crippen molar-refractivity contribution in [2.75, 3.05) is 17.2 Å². The standard InChI is InChI=1S/C21H28FN7O2/c1-12(2)26-15-8-18(27-17-6-7-19-24-9-13(3)29(19)28-17)23-10-14(15)20(30)25-11-16(22)21(4,5)31/h6-10,12,16,31H,11H2,1-5H3,(H,25,30)(H2,23,26,27,28)/t16-/m1/s1. The number of nitrogens with one attached hydrogen (secondary N) is 3. The summed E-state index contributed by atoms with van der Waals surface area (Å²) in [6, 6.07) is 5.38. The van der Waals surface area contributed by atoms with Crippen molar-refractivity contribution in [3.8, 4) is 0 Å². The lowest BCUT2D eigenvalue weighted by Crippen LogP contribution is -2.42. The minimum atomic E-state index is -1.60. The molecular weight excluding hydrogens is 401 g/mol. The lowest BCUT2D eigenvalue weighted by atomic mass is 10.0. The molecule has 0 unspecified atom stereocenters. The van der Waals surface area contributed by atoms with Crippen LogP contribution in [0.2, 0.25) is 0 Å². The number of rotatable bonds is 8. The molecule has 3 aromatic heterocycles. The number of aryl methyl sites for hydroxylation is 1. The molecule has 31 heavy (non-hydrogen) atoms. The van der Waals surface area contributed by atoms with Crippen LogP contribution < -0.4 is 16.0 Å². The second-order valence-corrected chi connectivity index (χ2v) is 8.26. The lowest BCUT2D eigenvalue weighted by Gasteiger charge is -2.23. The van der Waals surface area contributed by atoms with Gasteiger partial charge >= 0.3 is 0 Å². The third kappa shape index (κ3) is 5.46. The Morgan fingerprint density at radius 1 is 1.23 bits per heavy atom. The van der Waals surface area contributed by atoms with E-state index in [1.807, 2.05) is 26.8 Å². The average Bonchev–Trinajstić information content (AvgIpc) is 3.05. The van der Waals surface area contributed by atoms with Gasteiger partial charge in [-0.05, 0) is 46.8 Å². The SMILES string of the molecule is Cc1cnc2ccc(Nc3cc(NC(C)C)c(C(=O)NC[C@@H](F)C(C)(C)O)cn3)nn12. The van der Waals surface area contributed by atoms with Crippen LogP contribution in [0.5, 0.6) is 0 Å². The number of hydrogen-bond donors (Lipinski definition) is 4. The van der Waals surface area contributed by atoms with Gasteiger partial charge in [-0.3, -0.25) is 4.79 Å². The van der Waals surface area contributed by atoms with E-state index in [-0.39, 0.29) is 18.2 Å². The number of hydrogen-bond acceptors (Lipinski definition) is 7. The third-order valence-electron chi connectivity index (χ3n) is 4.59. The van der Waals surface area contributed by atoms with Crippen LogP contribution in [-0.4, -0.2) is 55.0 Å². The lowest BCUT2D eigenvalue weighted by molar-refractivity contribution is -0.00177. The van der Waals surface area contributed by atoms with E-state index in [4.69, 9.17) is 0 Å². The van der Waals surface area contributed by atoms with Gasteiger partial charge in [0.05, 0.1) is 35.3 Å². The summed E-state index contributed by atoms with van der Waals surface area (Å²) in [5.41, 5.74) is 0.917. The van der Waals surface area contributed by atoms with Crippen LogP contribution in [0.4, 0.5) is 21.7 Å². The Kier molecular flexibility index (Phi) is 6.40. The molecule has 1 atom stereocenters. The highest BCUT2D eigenvalue weighted by Crippen LogP contribution is 2.22. The summed E-state index contributed by atoms with van der Waals surface area (Å²) in [4.78, 5) is 21.2. The van der Waals surface area contributed by atoms with Crippen molar-refractivity contribution in [3.63, 3.8) is 0 Å². The molecule has 0 aliphatic carbocycles. The number of carbonyl (C=O) groups is 1. The highest BCUT2D eigenvalue weighted by Gasteiger charge is 2.27. The van der Waals surface area contributed by atoms with Gasteiger partial charge in [0.2, 0.25) is 0 Å². The smallest absolute Gasteiger partial charge is 0.255 e. The molecule has 166 valence electrons. The maximum Gasteiger partial charge on any atom is 0.255 e. The Balaban J connectivity index is 1.81. The summed E-state index contributed by atoms with van der Waals surface area (Å²) in [5.74, 6) is 0.575. The molecule has 4 N–H and O–H groups in total. The number of pyridine rings is 1. The number of aromatic nitrogens is 4. The van der Waals surface area contributed by atoms with Crippen LogP contribution in [0.25, 0.3) is 5.65 Å². The third-order valence-corrected chi connectivity index (χ3v) is 4.59. The first-order valence-electron chi connectivity index (χ1n) is 10.0. The number of fused-ring (bicyclic) bond motifs is 1.